The van der Waals surface area contributed by atoms with Gasteiger partial charge >= 0.3 is 6.09 Å². The van der Waals surface area contributed by atoms with Gasteiger partial charge in [0.05, 0.1) is 21.1 Å². The summed E-state index contributed by atoms with van der Waals surface area (Å²) in [6.45, 7) is 1.47. The molecule has 0 radical (unpaired) electrons. The molecule has 2 rings (SSSR count). The van der Waals surface area contributed by atoms with Crippen LogP contribution in [0.3, 0.4) is 0 Å². The van der Waals surface area contributed by atoms with Crippen LogP contribution in [0, 0.1) is 27.2 Å². The van der Waals surface area contributed by atoms with Crippen molar-refractivity contribution < 1.29 is 19.4 Å². The molecule has 0 heterocycles. The van der Waals surface area contributed by atoms with E-state index in [2.05, 4.69) is 5.32 Å². The van der Waals surface area contributed by atoms with Gasteiger partial charge < -0.3 is 4.74 Å². The molecule has 0 saturated heterocycles. The van der Waals surface area contributed by atoms with E-state index < -0.39 is 15.9 Å². The molecule has 0 aliphatic rings. The fraction of sp³-hybridized carbons (Fsp3) is 0.133. The van der Waals surface area contributed by atoms with E-state index in [0.717, 1.165) is 5.56 Å². The first-order valence-electron chi connectivity index (χ1n) is 6.79. The lowest BCUT2D eigenvalue weighted by Crippen LogP contribution is -2.14. The first-order valence-corrected chi connectivity index (χ1v) is 6.79. The van der Waals surface area contributed by atoms with Gasteiger partial charge in [-0.15, -0.1) is 0 Å². The van der Waals surface area contributed by atoms with Gasteiger partial charge in [-0.2, -0.15) is 0 Å². The Hall–Kier alpha value is -3.49. The maximum atomic E-state index is 11.8. The molecule has 0 unspecified atom stereocenters. The molecule has 0 aromatic heterocycles. The molecule has 1 amide bonds. The minimum Gasteiger partial charge on any atom is -0.444 e. The molecule has 1 N–H and O–H groups in total. The van der Waals surface area contributed by atoms with Crippen molar-refractivity contribution in [3.05, 3.63) is 73.8 Å². The molecule has 0 atom stereocenters. The van der Waals surface area contributed by atoms with Gasteiger partial charge in [-0.3, -0.25) is 25.5 Å². The van der Waals surface area contributed by atoms with E-state index in [1.165, 1.54) is 30.3 Å². The van der Waals surface area contributed by atoms with E-state index >= 15 is 0 Å². The van der Waals surface area contributed by atoms with E-state index in [1.807, 2.05) is 0 Å². The third-order valence-corrected chi connectivity index (χ3v) is 3.09. The van der Waals surface area contributed by atoms with E-state index in [0.29, 0.717) is 0 Å². The molecule has 0 fully saturated rings. The second-order valence-corrected chi connectivity index (χ2v) is 4.90. The van der Waals surface area contributed by atoms with Gasteiger partial charge in [0, 0.05) is 18.2 Å². The Bertz CT molecular complexity index is 806. The summed E-state index contributed by atoms with van der Waals surface area (Å²) in [5.74, 6) is 0. The fourth-order valence-electron chi connectivity index (χ4n) is 2.00. The van der Waals surface area contributed by atoms with Gasteiger partial charge in [0.15, 0.2) is 0 Å². The number of hydrogen-bond donors (Lipinski definition) is 1. The third kappa shape index (κ3) is 4.26. The van der Waals surface area contributed by atoms with Crippen LogP contribution in [0.1, 0.15) is 11.1 Å². The normalized spacial score (nSPS) is 10.0. The number of nitrogens with one attached hydrogen (secondary N) is 1. The number of carbonyl (C=O) groups excluding carboxylic acids is 1. The van der Waals surface area contributed by atoms with Crippen molar-refractivity contribution in [1.29, 1.82) is 0 Å². The van der Waals surface area contributed by atoms with Crippen molar-refractivity contribution in [2.45, 2.75) is 13.5 Å². The Balaban J connectivity index is 2.04. The van der Waals surface area contributed by atoms with Crippen LogP contribution in [-0.2, 0) is 11.3 Å². The molecular weight excluding hydrogens is 318 g/mol. The third-order valence-electron chi connectivity index (χ3n) is 3.09. The summed E-state index contributed by atoms with van der Waals surface area (Å²) in [5.41, 5.74) is 0.909. The van der Waals surface area contributed by atoms with Gasteiger partial charge in [-0.25, -0.2) is 4.79 Å². The van der Waals surface area contributed by atoms with Gasteiger partial charge in [0.1, 0.15) is 6.61 Å². The lowest BCUT2D eigenvalue weighted by atomic mass is 10.1. The number of amides is 1. The molecular formula is C15H13N3O6. The Kier molecular flexibility index (Phi) is 5.05. The summed E-state index contributed by atoms with van der Waals surface area (Å²) in [4.78, 5) is 32.2. The molecule has 9 nitrogen and oxygen atoms in total. The lowest BCUT2D eigenvalue weighted by molar-refractivity contribution is -0.385. The van der Waals surface area contributed by atoms with Gasteiger partial charge in [0.25, 0.3) is 11.4 Å². The molecule has 0 saturated carbocycles. The molecule has 0 aliphatic carbocycles. The highest BCUT2D eigenvalue weighted by atomic mass is 16.6. The zero-order valence-electron chi connectivity index (χ0n) is 12.6. The molecule has 24 heavy (non-hydrogen) atoms. The molecule has 124 valence electrons. The zero-order valence-corrected chi connectivity index (χ0v) is 12.6. The number of nitro benzene ring substituents is 2. The predicted molar refractivity (Wildman–Crippen MR) is 84.7 cm³/mol. The first kappa shape index (κ1) is 16.9. The maximum Gasteiger partial charge on any atom is 0.411 e. The van der Waals surface area contributed by atoms with Crippen LogP contribution >= 0.6 is 0 Å². The average Bonchev–Trinajstić information content (AvgIpc) is 2.53. The number of anilines is 1. The number of benzene rings is 2. The number of rotatable bonds is 5. The first-order chi connectivity index (χ1) is 11.4. The monoisotopic (exact) mass is 331 g/mol. The van der Waals surface area contributed by atoms with Crippen LogP contribution in [0.15, 0.2) is 42.5 Å². The summed E-state index contributed by atoms with van der Waals surface area (Å²) in [6, 6.07) is 9.82. The summed E-state index contributed by atoms with van der Waals surface area (Å²) >= 11 is 0. The summed E-state index contributed by atoms with van der Waals surface area (Å²) in [6.07, 6.45) is -0.869. The van der Waals surface area contributed by atoms with Crippen molar-refractivity contribution >= 4 is 23.2 Å². The summed E-state index contributed by atoms with van der Waals surface area (Å²) in [7, 11) is 0. The van der Waals surface area contributed by atoms with Crippen LogP contribution in [0.5, 0.6) is 0 Å². The van der Waals surface area contributed by atoms with E-state index in [9.17, 15) is 25.0 Å². The van der Waals surface area contributed by atoms with E-state index in [1.54, 1.807) is 19.1 Å². The van der Waals surface area contributed by atoms with Crippen molar-refractivity contribution in [2.75, 3.05) is 5.32 Å². The number of aryl methyl sites for hydroxylation is 1. The number of nitro groups is 2. The van der Waals surface area contributed by atoms with E-state index in [4.69, 9.17) is 4.74 Å². The minimum atomic E-state index is -0.869. The largest absolute Gasteiger partial charge is 0.444 e. The molecule has 2 aromatic carbocycles. The highest BCUT2D eigenvalue weighted by Gasteiger charge is 2.15. The molecule has 0 spiro atoms. The predicted octanol–water partition coefficient (Wildman–Crippen LogP) is 3.56. The van der Waals surface area contributed by atoms with Crippen LogP contribution in [0.25, 0.3) is 0 Å². The molecule has 0 bridgehead atoms. The van der Waals surface area contributed by atoms with Crippen molar-refractivity contribution in [3.8, 4) is 0 Å². The highest BCUT2D eigenvalue weighted by Crippen LogP contribution is 2.21. The van der Waals surface area contributed by atoms with Gasteiger partial charge in [-0.05, 0) is 19.1 Å². The van der Waals surface area contributed by atoms with Crippen LogP contribution in [0.2, 0.25) is 0 Å². The standard InChI is InChI=1S/C15H13N3O6/c1-10-5-6-14(18(22)23)11(7-10)9-24-15(19)16-12-3-2-4-13(8-12)17(20)21/h2-8H,9H2,1H3,(H,16,19). The van der Waals surface area contributed by atoms with Crippen molar-refractivity contribution in [1.82, 2.24) is 0 Å². The number of carbonyl (C=O) groups is 1. The molecule has 0 aliphatic heterocycles. The lowest BCUT2D eigenvalue weighted by Gasteiger charge is -2.08. The van der Waals surface area contributed by atoms with Crippen molar-refractivity contribution in [3.63, 3.8) is 0 Å². The number of ether oxygens (including phenoxy) is 1. The fourth-order valence-corrected chi connectivity index (χ4v) is 2.00. The van der Waals surface area contributed by atoms with Gasteiger partial charge in [0.2, 0.25) is 0 Å². The maximum absolute atomic E-state index is 11.8. The average molecular weight is 331 g/mol. The number of hydrogen-bond acceptors (Lipinski definition) is 6. The number of non-ortho nitro benzene ring substituents is 1. The van der Waals surface area contributed by atoms with Crippen molar-refractivity contribution in [2.24, 2.45) is 0 Å². The highest BCUT2D eigenvalue weighted by molar-refractivity contribution is 5.85. The zero-order chi connectivity index (χ0) is 17.7. The Morgan fingerprint density at radius 1 is 1.12 bits per heavy atom. The minimum absolute atomic E-state index is 0.149. The molecule has 9 heteroatoms. The SMILES string of the molecule is Cc1ccc([N+](=O)[O-])c(COC(=O)Nc2cccc([N+](=O)[O-])c2)c1. The smallest absolute Gasteiger partial charge is 0.411 e. The Morgan fingerprint density at radius 3 is 2.54 bits per heavy atom. The van der Waals surface area contributed by atoms with Crippen LogP contribution in [-0.4, -0.2) is 15.9 Å². The summed E-state index contributed by atoms with van der Waals surface area (Å²) < 4.78 is 4.95. The number of nitrogens with zero attached hydrogens (tertiary/aromatic N) is 2. The van der Waals surface area contributed by atoms with Crippen LogP contribution < -0.4 is 5.32 Å². The second-order valence-electron chi connectivity index (χ2n) is 4.90. The Morgan fingerprint density at radius 2 is 1.88 bits per heavy atom. The van der Waals surface area contributed by atoms with Gasteiger partial charge in [-0.1, -0.05) is 17.7 Å². The summed E-state index contributed by atoms with van der Waals surface area (Å²) in [5, 5.41) is 24.0. The Labute approximate surface area is 136 Å². The quantitative estimate of drug-likeness (QED) is 0.659. The molecule has 2 aromatic rings. The topological polar surface area (TPSA) is 125 Å². The van der Waals surface area contributed by atoms with Crippen LogP contribution in [0.4, 0.5) is 21.9 Å². The van der Waals surface area contributed by atoms with E-state index in [-0.39, 0.29) is 29.2 Å². The second kappa shape index (κ2) is 7.18.